The van der Waals surface area contributed by atoms with Gasteiger partial charge in [0.25, 0.3) is 0 Å². The molecule has 0 saturated heterocycles. The minimum atomic E-state index is 0.234. The molecule has 0 radical (unpaired) electrons. The third-order valence-corrected chi connectivity index (χ3v) is 2.18. The largest absolute Gasteiger partial charge is 0.377 e. The maximum Gasteiger partial charge on any atom is 0.163 e. The summed E-state index contributed by atoms with van der Waals surface area (Å²) < 4.78 is 5.46. The van der Waals surface area contributed by atoms with E-state index >= 15 is 0 Å². The van der Waals surface area contributed by atoms with Crippen molar-refractivity contribution < 1.29 is 4.74 Å². The van der Waals surface area contributed by atoms with Gasteiger partial charge in [-0.25, -0.2) is 4.98 Å². The molecule has 1 heterocycles. The molecule has 0 atom stereocenters. The Bertz CT molecular complexity index is 371. The van der Waals surface area contributed by atoms with Gasteiger partial charge in [-0.2, -0.15) is 5.26 Å². The predicted octanol–water partition coefficient (Wildman–Crippen LogP) is 1.81. The Balaban J connectivity index is 2.59. The van der Waals surface area contributed by atoms with E-state index in [1.54, 1.807) is 6.20 Å². The van der Waals surface area contributed by atoms with Gasteiger partial charge >= 0.3 is 0 Å². The van der Waals surface area contributed by atoms with Crippen LogP contribution in [0.4, 0.5) is 5.69 Å². The zero-order chi connectivity index (χ0) is 12.0. The van der Waals surface area contributed by atoms with E-state index in [0.29, 0.717) is 12.3 Å². The lowest BCUT2D eigenvalue weighted by molar-refractivity contribution is 0.0846. The molecule has 86 valence electrons. The van der Waals surface area contributed by atoms with Gasteiger partial charge in [0.15, 0.2) is 5.69 Å². The third-order valence-electron chi connectivity index (χ3n) is 2.18. The van der Waals surface area contributed by atoms with Crippen molar-refractivity contribution in [2.24, 2.45) is 0 Å². The maximum atomic E-state index is 8.91. The third kappa shape index (κ3) is 3.52. The van der Waals surface area contributed by atoms with Crippen LogP contribution in [0.1, 0.15) is 19.5 Å². The van der Waals surface area contributed by atoms with E-state index in [1.165, 1.54) is 0 Å². The van der Waals surface area contributed by atoms with Crippen LogP contribution in [0.5, 0.6) is 0 Å². The van der Waals surface area contributed by atoms with Crippen LogP contribution in [0.25, 0.3) is 0 Å². The minimum absolute atomic E-state index is 0.234. The molecule has 0 spiro atoms. The van der Waals surface area contributed by atoms with Gasteiger partial charge in [0, 0.05) is 19.8 Å². The summed E-state index contributed by atoms with van der Waals surface area (Å²) in [5.74, 6) is 0. The number of hydrogen-bond donors (Lipinski definition) is 0. The summed E-state index contributed by atoms with van der Waals surface area (Å²) >= 11 is 0. The van der Waals surface area contributed by atoms with Gasteiger partial charge < -0.3 is 9.64 Å². The SMILES string of the molecule is CC(C)OCCN(C)c1cccnc1C#N. The molecular weight excluding hydrogens is 202 g/mol. The Labute approximate surface area is 96.5 Å². The van der Waals surface area contributed by atoms with Crippen LogP contribution in [0.3, 0.4) is 0 Å². The van der Waals surface area contributed by atoms with E-state index in [0.717, 1.165) is 12.2 Å². The fourth-order valence-electron chi connectivity index (χ4n) is 1.34. The van der Waals surface area contributed by atoms with Crippen molar-refractivity contribution in [3.8, 4) is 6.07 Å². The highest BCUT2D eigenvalue weighted by molar-refractivity contribution is 5.54. The molecule has 0 aromatic carbocycles. The monoisotopic (exact) mass is 219 g/mol. The number of ether oxygens (including phenoxy) is 1. The van der Waals surface area contributed by atoms with Gasteiger partial charge in [-0.05, 0) is 26.0 Å². The maximum absolute atomic E-state index is 8.91. The van der Waals surface area contributed by atoms with Crippen LogP contribution in [-0.2, 0) is 4.74 Å². The molecular formula is C12H17N3O. The van der Waals surface area contributed by atoms with Crippen molar-refractivity contribution in [1.29, 1.82) is 5.26 Å². The van der Waals surface area contributed by atoms with Crippen LogP contribution in [-0.4, -0.2) is 31.3 Å². The van der Waals surface area contributed by atoms with Gasteiger partial charge in [-0.1, -0.05) is 0 Å². The van der Waals surface area contributed by atoms with Crippen molar-refractivity contribution in [2.45, 2.75) is 20.0 Å². The van der Waals surface area contributed by atoms with Gasteiger partial charge in [-0.3, -0.25) is 0 Å². The molecule has 0 N–H and O–H groups in total. The number of pyridine rings is 1. The van der Waals surface area contributed by atoms with Crippen LogP contribution in [0, 0.1) is 11.3 Å². The molecule has 1 rings (SSSR count). The molecule has 0 fully saturated rings. The van der Waals surface area contributed by atoms with Crippen LogP contribution >= 0.6 is 0 Å². The number of hydrogen-bond acceptors (Lipinski definition) is 4. The van der Waals surface area contributed by atoms with Crippen molar-refractivity contribution in [3.05, 3.63) is 24.0 Å². The summed E-state index contributed by atoms with van der Waals surface area (Å²) in [6, 6.07) is 5.80. The lowest BCUT2D eigenvalue weighted by atomic mass is 10.3. The number of nitriles is 1. The molecule has 1 aromatic rings. The van der Waals surface area contributed by atoms with E-state index < -0.39 is 0 Å². The van der Waals surface area contributed by atoms with Crippen LogP contribution in [0.2, 0.25) is 0 Å². The highest BCUT2D eigenvalue weighted by Crippen LogP contribution is 2.15. The Morgan fingerprint density at radius 2 is 2.31 bits per heavy atom. The van der Waals surface area contributed by atoms with E-state index in [1.807, 2.05) is 37.9 Å². The second-order valence-electron chi connectivity index (χ2n) is 3.82. The second-order valence-corrected chi connectivity index (χ2v) is 3.82. The summed E-state index contributed by atoms with van der Waals surface area (Å²) in [5, 5.41) is 8.91. The van der Waals surface area contributed by atoms with E-state index in [9.17, 15) is 0 Å². The van der Waals surface area contributed by atoms with Crippen LogP contribution < -0.4 is 4.90 Å². The Hall–Kier alpha value is -1.60. The number of likely N-dealkylation sites (N-methyl/N-ethyl adjacent to an activating group) is 1. The first-order valence-electron chi connectivity index (χ1n) is 5.33. The van der Waals surface area contributed by atoms with E-state index in [4.69, 9.17) is 10.00 Å². The first-order chi connectivity index (χ1) is 7.65. The number of anilines is 1. The topological polar surface area (TPSA) is 49.1 Å². The molecule has 0 unspecified atom stereocenters. The summed E-state index contributed by atoms with van der Waals surface area (Å²) in [5.41, 5.74) is 1.30. The number of aromatic nitrogens is 1. The zero-order valence-electron chi connectivity index (χ0n) is 9.97. The normalized spacial score (nSPS) is 10.2. The molecule has 4 heteroatoms. The lowest BCUT2D eigenvalue weighted by Crippen LogP contribution is -2.24. The summed E-state index contributed by atoms with van der Waals surface area (Å²) in [6.45, 7) is 5.40. The summed E-state index contributed by atoms with van der Waals surface area (Å²) in [6.07, 6.45) is 1.86. The quantitative estimate of drug-likeness (QED) is 0.758. The molecule has 0 amide bonds. The predicted molar refractivity (Wildman–Crippen MR) is 63.3 cm³/mol. The Morgan fingerprint density at radius 1 is 1.56 bits per heavy atom. The minimum Gasteiger partial charge on any atom is -0.377 e. The van der Waals surface area contributed by atoms with Crippen molar-refractivity contribution in [3.63, 3.8) is 0 Å². The van der Waals surface area contributed by atoms with E-state index in [-0.39, 0.29) is 6.10 Å². The van der Waals surface area contributed by atoms with Gasteiger partial charge in [0.2, 0.25) is 0 Å². The van der Waals surface area contributed by atoms with Crippen molar-refractivity contribution in [1.82, 2.24) is 4.98 Å². The van der Waals surface area contributed by atoms with Crippen molar-refractivity contribution in [2.75, 3.05) is 25.1 Å². The Morgan fingerprint density at radius 3 is 2.94 bits per heavy atom. The molecule has 0 aliphatic rings. The molecule has 4 nitrogen and oxygen atoms in total. The first kappa shape index (κ1) is 12.5. The molecule has 1 aromatic heterocycles. The average molecular weight is 219 g/mol. The average Bonchev–Trinajstić information content (AvgIpc) is 2.28. The second kappa shape index (κ2) is 6.09. The zero-order valence-corrected chi connectivity index (χ0v) is 9.97. The highest BCUT2D eigenvalue weighted by atomic mass is 16.5. The molecule has 16 heavy (non-hydrogen) atoms. The molecule has 0 aliphatic carbocycles. The fourth-order valence-corrected chi connectivity index (χ4v) is 1.34. The van der Waals surface area contributed by atoms with Gasteiger partial charge in [0.1, 0.15) is 6.07 Å². The van der Waals surface area contributed by atoms with Gasteiger partial charge in [0.05, 0.1) is 18.4 Å². The molecule has 0 bridgehead atoms. The molecule has 0 saturated carbocycles. The Kier molecular flexibility index (Phi) is 4.74. The fraction of sp³-hybridized carbons (Fsp3) is 0.500. The van der Waals surface area contributed by atoms with Crippen LogP contribution in [0.15, 0.2) is 18.3 Å². The van der Waals surface area contributed by atoms with Gasteiger partial charge in [-0.15, -0.1) is 0 Å². The number of nitrogens with zero attached hydrogens (tertiary/aromatic N) is 3. The summed E-state index contributed by atoms with van der Waals surface area (Å²) in [7, 11) is 1.93. The van der Waals surface area contributed by atoms with Crippen molar-refractivity contribution >= 4 is 5.69 Å². The number of rotatable bonds is 5. The summed E-state index contributed by atoms with van der Waals surface area (Å²) in [4.78, 5) is 6.00. The smallest absolute Gasteiger partial charge is 0.163 e. The molecule has 0 aliphatic heterocycles. The first-order valence-corrected chi connectivity index (χ1v) is 5.33. The standard InChI is InChI=1S/C12H17N3O/c1-10(2)16-8-7-15(3)12-5-4-6-14-11(12)9-13/h4-6,10H,7-8H2,1-3H3. The lowest BCUT2D eigenvalue weighted by Gasteiger charge is -2.20. The van der Waals surface area contributed by atoms with E-state index in [2.05, 4.69) is 11.1 Å². The highest BCUT2D eigenvalue weighted by Gasteiger charge is 2.07.